The molecule has 0 saturated carbocycles. The fourth-order valence-electron chi connectivity index (χ4n) is 6.53. The molecule has 6 aromatic carbocycles. The van der Waals surface area contributed by atoms with Crippen molar-refractivity contribution in [3.05, 3.63) is 156 Å². The van der Waals surface area contributed by atoms with E-state index in [0.29, 0.717) is 0 Å². The van der Waals surface area contributed by atoms with Crippen molar-refractivity contribution in [2.75, 3.05) is 0 Å². The first-order valence-corrected chi connectivity index (χ1v) is 16.0. The van der Waals surface area contributed by atoms with Crippen LogP contribution in [0.5, 0.6) is 0 Å². The van der Waals surface area contributed by atoms with E-state index in [9.17, 15) is 0 Å². The minimum absolute atomic E-state index is 0.750. The second kappa shape index (κ2) is 9.83. The van der Waals surface area contributed by atoms with Gasteiger partial charge in [0.2, 0.25) is 0 Å². The first-order chi connectivity index (χ1) is 19.8. The summed E-state index contributed by atoms with van der Waals surface area (Å²) in [5.41, 5.74) is 8.33. The Kier molecular flexibility index (Phi) is 5.85. The van der Waals surface area contributed by atoms with Crippen LogP contribution in [0.4, 0.5) is 0 Å². The molecule has 0 aliphatic carbocycles. The smallest absolute Gasteiger partial charge is 0.000315 e. The van der Waals surface area contributed by atoms with Crippen molar-refractivity contribution in [2.45, 2.75) is 12.8 Å². The molecule has 2 heteroatoms. The Morgan fingerprint density at radius 3 is 1.20 bits per heavy atom. The molecular weight excluding hydrogens is 518 g/mol. The second-order valence-corrected chi connectivity index (χ2v) is 13.3. The molecule has 0 spiro atoms. The summed E-state index contributed by atoms with van der Waals surface area (Å²) in [7, 11) is 1.50. The van der Waals surface area contributed by atoms with Gasteiger partial charge in [-0.05, 0) is 88.2 Å². The fraction of sp³-hybridized carbons (Fsp3) is 0.0526. The second-order valence-electron chi connectivity index (χ2n) is 10.7. The van der Waals surface area contributed by atoms with Crippen LogP contribution in [-0.4, -0.2) is 0 Å². The number of rotatable bonds is 5. The van der Waals surface area contributed by atoms with Crippen LogP contribution in [0.25, 0.3) is 53.1 Å². The summed E-state index contributed by atoms with van der Waals surface area (Å²) >= 11 is 0. The normalized spacial score (nSPS) is 12.1. The summed E-state index contributed by atoms with van der Waals surface area (Å²) in [6.45, 7) is 0. The van der Waals surface area contributed by atoms with Gasteiger partial charge >= 0.3 is 0 Å². The highest BCUT2D eigenvalue weighted by Gasteiger charge is 2.15. The predicted octanol–water partition coefficient (Wildman–Crippen LogP) is 11.2. The molecule has 0 fully saturated rings. The molecule has 40 heavy (non-hydrogen) atoms. The first kappa shape index (κ1) is 23.8. The summed E-state index contributed by atoms with van der Waals surface area (Å²) in [6.07, 6.45) is 1.86. The van der Waals surface area contributed by atoms with E-state index in [0.717, 1.165) is 29.2 Å². The van der Waals surface area contributed by atoms with E-state index < -0.39 is 0 Å². The lowest BCUT2D eigenvalue weighted by Crippen LogP contribution is -1.97. The van der Waals surface area contributed by atoms with Crippen LogP contribution in [0.1, 0.15) is 22.3 Å². The van der Waals surface area contributed by atoms with Crippen molar-refractivity contribution in [3.63, 3.8) is 0 Å². The maximum Gasteiger partial charge on any atom is -0.000315 e. The standard InChI is InChI=1S/C38H28P2/c1-3-15-29(25(11-1)23-27-13-9-21-35-37(27)31-17-5-7-19-33(31)39-35)30-16-4-2-12-26(30)24-28-14-10-22-36-38(28)32-18-6-8-20-34(32)40-36/h1-22,39-40H,23-24H2. The first-order valence-electron chi connectivity index (χ1n) is 14.0. The molecule has 0 saturated heterocycles. The molecule has 0 aliphatic heterocycles. The average Bonchev–Trinajstić information content (AvgIpc) is 3.57. The summed E-state index contributed by atoms with van der Waals surface area (Å²) in [5.74, 6) is 0. The largest absolute Gasteiger partial charge is 0.123 e. The average molecular weight is 547 g/mol. The Hall–Kier alpha value is -4.08. The van der Waals surface area contributed by atoms with E-state index in [1.165, 1.54) is 75.4 Å². The van der Waals surface area contributed by atoms with E-state index in [4.69, 9.17) is 0 Å². The lowest BCUT2D eigenvalue weighted by Gasteiger charge is -2.16. The van der Waals surface area contributed by atoms with Gasteiger partial charge in [0.15, 0.2) is 0 Å². The van der Waals surface area contributed by atoms with Gasteiger partial charge in [0.05, 0.1) is 0 Å². The van der Waals surface area contributed by atoms with E-state index in [2.05, 4.69) is 133 Å². The number of fused-ring (bicyclic) bond motifs is 6. The molecule has 0 radical (unpaired) electrons. The summed E-state index contributed by atoms with van der Waals surface area (Å²) < 4.78 is 0. The molecule has 0 aliphatic rings. The SMILES string of the molecule is c1ccc(-c2ccccc2Cc2cccc3[pH]c4ccccc4c23)c(Cc2cccc3[pH]c4ccccc4c23)c1. The van der Waals surface area contributed by atoms with Crippen molar-refractivity contribution in [1.82, 2.24) is 0 Å². The molecule has 8 aromatic rings. The van der Waals surface area contributed by atoms with Crippen LogP contribution in [0, 0.1) is 0 Å². The quantitative estimate of drug-likeness (QED) is 0.201. The monoisotopic (exact) mass is 546 g/mol. The van der Waals surface area contributed by atoms with Crippen LogP contribution in [0.15, 0.2) is 133 Å². The highest BCUT2D eigenvalue weighted by molar-refractivity contribution is 7.44. The van der Waals surface area contributed by atoms with E-state index in [1.54, 1.807) is 0 Å². The van der Waals surface area contributed by atoms with Crippen LogP contribution in [-0.2, 0) is 12.8 Å². The van der Waals surface area contributed by atoms with Crippen LogP contribution < -0.4 is 0 Å². The third-order valence-electron chi connectivity index (χ3n) is 8.32. The van der Waals surface area contributed by atoms with Crippen LogP contribution >= 0.6 is 16.4 Å². The maximum absolute atomic E-state index is 2.33. The lowest BCUT2D eigenvalue weighted by molar-refractivity contribution is 1.19. The van der Waals surface area contributed by atoms with Crippen molar-refractivity contribution in [1.29, 1.82) is 0 Å². The van der Waals surface area contributed by atoms with Gasteiger partial charge in [-0.15, -0.1) is 16.4 Å². The molecule has 190 valence electrons. The molecule has 2 aromatic heterocycles. The Morgan fingerprint density at radius 1 is 0.325 bits per heavy atom. The molecule has 2 atom stereocenters. The van der Waals surface area contributed by atoms with E-state index >= 15 is 0 Å². The van der Waals surface area contributed by atoms with Crippen LogP contribution in [0.2, 0.25) is 0 Å². The number of hydrogen-bond donors (Lipinski definition) is 0. The molecule has 8 rings (SSSR count). The minimum atomic E-state index is 0.750. The van der Waals surface area contributed by atoms with Gasteiger partial charge in [-0.25, -0.2) is 0 Å². The zero-order chi connectivity index (χ0) is 26.5. The molecule has 0 bridgehead atoms. The van der Waals surface area contributed by atoms with Crippen molar-refractivity contribution < 1.29 is 0 Å². The zero-order valence-corrected chi connectivity index (χ0v) is 24.1. The number of hydrogen-bond acceptors (Lipinski definition) is 0. The molecule has 0 nitrogen and oxygen atoms in total. The van der Waals surface area contributed by atoms with Crippen molar-refractivity contribution in [3.8, 4) is 11.1 Å². The molecular formula is C38H28P2. The van der Waals surface area contributed by atoms with Crippen molar-refractivity contribution >= 4 is 58.4 Å². The molecule has 2 unspecified atom stereocenters. The molecule has 2 heterocycles. The van der Waals surface area contributed by atoms with E-state index in [-0.39, 0.29) is 0 Å². The minimum Gasteiger partial charge on any atom is -0.123 e. The van der Waals surface area contributed by atoms with Gasteiger partial charge in [-0.2, -0.15) is 0 Å². The maximum atomic E-state index is 2.33. The lowest BCUT2D eigenvalue weighted by atomic mass is 9.88. The molecule has 0 N–H and O–H groups in total. The Labute approximate surface area is 237 Å². The van der Waals surface area contributed by atoms with Gasteiger partial charge < -0.3 is 0 Å². The highest BCUT2D eigenvalue weighted by atomic mass is 31.0. The Bertz CT molecular complexity index is 2020. The Morgan fingerprint density at radius 2 is 0.700 bits per heavy atom. The van der Waals surface area contributed by atoms with Gasteiger partial charge in [-0.1, -0.05) is 133 Å². The summed E-state index contributed by atoms with van der Waals surface area (Å²) in [5, 5.41) is 11.7. The fourth-order valence-corrected chi connectivity index (χ4v) is 9.36. The van der Waals surface area contributed by atoms with Gasteiger partial charge in [0, 0.05) is 0 Å². The van der Waals surface area contributed by atoms with Crippen LogP contribution in [0.3, 0.4) is 0 Å². The van der Waals surface area contributed by atoms with Gasteiger partial charge in [0.25, 0.3) is 0 Å². The summed E-state index contributed by atoms with van der Waals surface area (Å²) in [6, 6.07) is 49.8. The topological polar surface area (TPSA) is 0 Å². The van der Waals surface area contributed by atoms with E-state index in [1.807, 2.05) is 0 Å². The highest BCUT2D eigenvalue weighted by Crippen LogP contribution is 2.42. The van der Waals surface area contributed by atoms with Crippen molar-refractivity contribution in [2.24, 2.45) is 0 Å². The molecule has 0 amide bonds. The van der Waals surface area contributed by atoms with Gasteiger partial charge in [0.1, 0.15) is 0 Å². The predicted molar refractivity (Wildman–Crippen MR) is 179 cm³/mol. The zero-order valence-electron chi connectivity index (χ0n) is 22.1. The van der Waals surface area contributed by atoms with Gasteiger partial charge in [-0.3, -0.25) is 0 Å². The number of benzene rings is 6. The third kappa shape index (κ3) is 4.00. The third-order valence-corrected chi connectivity index (χ3v) is 11.1. The Balaban J connectivity index is 1.24. The summed E-state index contributed by atoms with van der Waals surface area (Å²) in [4.78, 5) is 0.